The second kappa shape index (κ2) is 17.3. The molecule has 5 aromatic rings. The Balaban J connectivity index is 1.41. The van der Waals surface area contributed by atoms with Gasteiger partial charge in [0, 0.05) is 27.2 Å². The smallest absolute Gasteiger partial charge is 0.272 e. The van der Waals surface area contributed by atoms with Crippen molar-refractivity contribution >= 4 is 58.5 Å². The van der Waals surface area contributed by atoms with E-state index in [1.54, 1.807) is 84.9 Å². The van der Waals surface area contributed by atoms with E-state index in [0.717, 1.165) is 16.0 Å². The minimum Gasteiger partial charge on any atom is -0.495 e. The lowest BCUT2D eigenvalue weighted by molar-refractivity contribution is -0.116. The van der Waals surface area contributed by atoms with Gasteiger partial charge in [-0.3, -0.25) is 14.4 Å². The molecular weight excluding hydrogens is 686 g/mol. The summed E-state index contributed by atoms with van der Waals surface area (Å²) < 4.78 is 16.2. The highest BCUT2D eigenvalue weighted by Crippen LogP contribution is 2.39. The fourth-order valence-electron chi connectivity index (χ4n) is 5.06. The number of ether oxygens (including phenoxy) is 3. The molecule has 0 saturated heterocycles. The third-order valence-corrected chi connectivity index (χ3v) is 9.33. The minimum absolute atomic E-state index is 0.00266. The number of methoxy groups -OCH3 is 3. The molecule has 0 saturated carbocycles. The summed E-state index contributed by atoms with van der Waals surface area (Å²) in [6.45, 7) is 1.85. The highest BCUT2D eigenvalue weighted by Gasteiger charge is 2.24. The van der Waals surface area contributed by atoms with Crippen molar-refractivity contribution in [2.75, 3.05) is 32.0 Å². The Bertz CT molecular complexity index is 2060. The molecule has 1 atom stereocenters. The molecule has 0 aromatic heterocycles. The molecule has 0 aliphatic heterocycles. The molecule has 0 aliphatic carbocycles. The predicted octanol–water partition coefficient (Wildman–Crippen LogP) is 8.56. The van der Waals surface area contributed by atoms with Crippen LogP contribution in [0, 0.1) is 6.92 Å². The number of amides is 3. The number of hydrogen-bond acceptors (Lipinski definition) is 7. The van der Waals surface area contributed by atoms with E-state index >= 15 is 0 Å². The van der Waals surface area contributed by atoms with E-state index in [0.29, 0.717) is 44.8 Å². The van der Waals surface area contributed by atoms with Gasteiger partial charge in [0.15, 0.2) is 11.5 Å². The molecule has 0 aliphatic rings. The van der Waals surface area contributed by atoms with E-state index in [4.69, 9.17) is 25.8 Å². The molecule has 9 nitrogen and oxygen atoms in total. The third-order valence-electron chi connectivity index (χ3n) is 7.67. The van der Waals surface area contributed by atoms with E-state index < -0.39 is 17.1 Å². The maximum Gasteiger partial charge on any atom is 0.272 e. The Morgan fingerprint density at radius 3 is 2.10 bits per heavy atom. The van der Waals surface area contributed by atoms with Gasteiger partial charge in [-0.25, -0.2) is 0 Å². The van der Waals surface area contributed by atoms with Crippen molar-refractivity contribution in [2.45, 2.75) is 17.1 Å². The van der Waals surface area contributed by atoms with E-state index in [1.165, 1.54) is 33.1 Å². The van der Waals surface area contributed by atoms with Gasteiger partial charge in [-0.1, -0.05) is 72.3 Å². The number of carbonyl (C=O) groups excluding carboxylic acids is 3. The zero-order valence-electron chi connectivity index (χ0n) is 28.4. The van der Waals surface area contributed by atoms with Gasteiger partial charge in [0.2, 0.25) is 5.91 Å². The van der Waals surface area contributed by atoms with Gasteiger partial charge in [-0.05, 0) is 78.2 Å². The van der Waals surface area contributed by atoms with Crippen LogP contribution in [0.5, 0.6) is 17.2 Å². The fourth-order valence-corrected chi connectivity index (χ4v) is 6.30. The summed E-state index contributed by atoms with van der Waals surface area (Å²) >= 11 is 7.61. The highest BCUT2D eigenvalue weighted by atomic mass is 35.5. The van der Waals surface area contributed by atoms with E-state index in [2.05, 4.69) is 16.0 Å². The van der Waals surface area contributed by atoms with E-state index in [1.807, 2.05) is 43.3 Å². The van der Waals surface area contributed by atoms with Gasteiger partial charge >= 0.3 is 0 Å². The van der Waals surface area contributed by atoms with Crippen LogP contribution in [0.4, 0.5) is 11.4 Å². The van der Waals surface area contributed by atoms with Crippen molar-refractivity contribution in [1.82, 2.24) is 5.32 Å². The van der Waals surface area contributed by atoms with Gasteiger partial charge in [-0.15, -0.1) is 11.8 Å². The van der Waals surface area contributed by atoms with Crippen LogP contribution in [0.1, 0.15) is 32.3 Å². The highest BCUT2D eigenvalue weighted by molar-refractivity contribution is 8.00. The van der Waals surface area contributed by atoms with Crippen LogP contribution in [0.2, 0.25) is 5.02 Å². The van der Waals surface area contributed by atoms with Crippen molar-refractivity contribution in [1.29, 1.82) is 0 Å². The summed E-state index contributed by atoms with van der Waals surface area (Å²) in [6, 6.07) is 33.7. The molecule has 0 spiro atoms. The van der Waals surface area contributed by atoms with Gasteiger partial charge in [-0.2, -0.15) is 0 Å². The number of rotatable bonds is 13. The zero-order chi connectivity index (χ0) is 36.3. The van der Waals surface area contributed by atoms with Crippen LogP contribution in [0.3, 0.4) is 0 Å². The van der Waals surface area contributed by atoms with Crippen LogP contribution in [0.25, 0.3) is 6.08 Å². The average Bonchev–Trinajstić information content (AvgIpc) is 3.15. The normalized spacial score (nSPS) is 11.6. The number of halogens is 1. The molecule has 3 amide bonds. The molecular formula is C40H36ClN3O6S. The first-order chi connectivity index (χ1) is 24.7. The van der Waals surface area contributed by atoms with Crippen molar-refractivity contribution in [3.63, 3.8) is 0 Å². The molecule has 1 unspecified atom stereocenters. The minimum atomic E-state index is -0.663. The Hall–Kier alpha value is -5.71. The van der Waals surface area contributed by atoms with Crippen molar-refractivity contribution in [3.05, 3.63) is 148 Å². The lowest BCUT2D eigenvalue weighted by Crippen LogP contribution is -2.30. The summed E-state index contributed by atoms with van der Waals surface area (Å²) in [6.07, 6.45) is 1.55. The van der Waals surface area contributed by atoms with Gasteiger partial charge in [0.05, 0.1) is 27.0 Å². The first-order valence-electron chi connectivity index (χ1n) is 15.8. The second-order valence-electron chi connectivity index (χ2n) is 11.2. The standard InChI is InChI=1S/C40H36ClN3O6S/c1-25-20-32(35(49-3)24-31(25)41)43-40(47)37(27-12-7-5-8-13-27)51-30-17-11-16-29(23-30)42-39(46)33(44-38(45)28-14-9-6-10-15-28)21-26-18-19-34(48-2)36(22-26)50-4/h5-24,37H,1-4H3,(H,42,46)(H,43,47)(H,44,45)/b33-21+. The molecule has 5 rings (SSSR count). The molecule has 5 aromatic carbocycles. The zero-order valence-corrected chi connectivity index (χ0v) is 29.9. The second-order valence-corrected chi connectivity index (χ2v) is 12.8. The van der Waals surface area contributed by atoms with Crippen LogP contribution >= 0.6 is 23.4 Å². The van der Waals surface area contributed by atoms with Crippen LogP contribution in [-0.4, -0.2) is 39.1 Å². The largest absolute Gasteiger partial charge is 0.495 e. The number of aryl methyl sites for hydroxylation is 1. The average molecular weight is 722 g/mol. The van der Waals surface area contributed by atoms with Gasteiger partial charge in [0.1, 0.15) is 16.7 Å². The SMILES string of the molecule is COc1cc(Cl)c(C)cc1NC(=O)C(Sc1cccc(NC(=O)/C(=C\c2ccc(OC)c(OC)c2)NC(=O)c2ccccc2)c1)c1ccccc1. The van der Waals surface area contributed by atoms with Crippen LogP contribution < -0.4 is 30.2 Å². The summed E-state index contributed by atoms with van der Waals surface area (Å²) in [7, 11) is 4.56. The van der Waals surface area contributed by atoms with Gasteiger partial charge in [0.25, 0.3) is 11.8 Å². The lowest BCUT2D eigenvalue weighted by atomic mass is 10.1. The van der Waals surface area contributed by atoms with Crippen LogP contribution in [0.15, 0.2) is 126 Å². The summed E-state index contributed by atoms with van der Waals surface area (Å²) in [5.74, 6) is 0.144. The quantitative estimate of drug-likeness (QED) is 0.0825. The van der Waals surface area contributed by atoms with Crippen molar-refractivity contribution in [3.8, 4) is 17.2 Å². The first kappa shape index (κ1) is 36.6. The summed E-state index contributed by atoms with van der Waals surface area (Å²) in [5.41, 5.74) is 3.52. The maximum absolute atomic E-state index is 13.9. The molecule has 0 bridgehead atoms. The molecule has 51 heavy (non-hydrogen) atoms. The molecule has 11 heteroatoms. The topological polar surface area (TPSA) is 115 Å². The number of anilines is 2. The number of thioether (sulfide) groups is 1. The number of carbonyl (C=O) groups is 3. The molecule has 3 N–H and O–H groups in total. The Kier molecular flexibility index (Phi) is 12.4. The number of nitrogens with one attached hydrogen (secondary N) is 3. The molecule has 0 radical (unpaired) electrons. The maximum atomic E-state index is 13.9. The Morgan fingerprint density at radius 1 is 0.725 bits per heavy atom. The Morgan fingerprint density at radius 2 is 1.41 bits per heavy atom. The summed E-state index contributed by atoms with van der Waals surface area (Å²) in [4.78, 5) is 41.5. The van der Waals surface area contributed by atoms with Crippen molar-refractivity contribution in [2.24, 2.45) is 0 Å². The van der Waals surface area contributed by atoms with Gasteiger partial charge < -0.3 is 30.2 Å². The Labute approximate surface area is 306 Å². The van der Waals surface area contributed by atoms with E-state index in [9.17, 15) is 14.4 Å². The fraction of sp³-hybridized carbons (Fsp3) is 0.125. The van der Waals surface area contributed by atoms with E-state index in [-0.39, 0.29) is 11.6 Å². The predicted molar refractivity (Wildman–Crippen MR) is 203 cm³/mol. The third kappa shape index (κ3) is 9.50. The number of benzene rings is 5. The lowest BCUT2D eigenvalue weighted by Gasteiger charge is -2.19. The first-order valence-corrected chi connectivity index (χ1v) is 17.0. The monoisotopic (exact) mass is 721 g/mol. The van der Waals surface area contributed by atoms with Crippen LogP contribution in [-0.2, 0) is 9.59 Å². The summed E-state index contributed by atoms with van der Waals surface area (Å²) in [5, 5.41) is 8.52. The van der Waals surface area contributed by atoms with Crippen molar-refractivity contribution < 1.29 is 28.6 Å². The molecule has 260 valence electrons. The molecule has 0 heterocycles. The molecule has 0 fully saturated rings. The number of hydrogen-bond donors (Lipinski definition) is 3.